The van der Waals surface area contributed by atoms with Crippen LogP contribution in [-0.4, -0.2) is 26.4 Å². The lowest BCUT2D eigenvalue weighted by molar-refractivity contribution is 0.407. The third kappa shape index (κ3) is 3.64. The monoisotopic (exact) mass is 408 g/mol. The van der Waals surface area contributed by atoms with Gasteiger partial charge in [-0.2, -0.15) is 5.10 Å². The van der Waals surface area contributed by atoms with Gasteiger partial charge in [0.2, 0.25) is 5.82 Å². The molecule has 0 aliphatic heterocycles. The predicted octanol–water partition coefficient (Wildman–Crippen LogP) is 4.08. The molecule has 0 aliphatic rings. The Hall–Kier alpha value is -2.74. The van der Waals surface area contributed by atoms with E-state index in [-0.39, 0.29) is 34.9 Å². The zero-order valence-corrected chi connectivity index (χ0v) is 16.4. The van der Waals surface area contributed by atoms with Gasteiger partial charge in [-0.1, -0.05) is 31.9 Å². The van der Waals surface area contributed by atoms with Crippen LogP contribution < -0.4 is 10.3 Å². The van der Waals surface area contributed by atoms with Crippen LogP contribution in [0.4, 0.5) is 8.78 Å². The lowest BCUT2D eigenvalue weighted by atomic mass is 10.1. The minimum Gasteiger partial charge on any atom is -0.497 e. The molecule has 0 N–H and O–H groups in total. The maximum absolute atomic E-state index is 14.7. The molecule has 2 aromatic heterocycles. The number of methoxy groups -OCH3 is 1. The van der Waals surface area contributed by atoms with Gasteiger partial charge in [-0.25, -0.2) is 18.4 Å². The molecule has 1 aromatic carbocycles. The van der Waals surface area contributed by atoms with Gasteiger partial charge in [-0.3, -0.25) is 4.79 Å². The molecule has 0 spiro atoms. The minimum absolute atomic E-state index is 0.0202. The summed E-state index contributed by atoms with van der Waals surface area (Å²) in [5.41, 5.74) is -1.08. The van der Waals surface area contributed by atoms with Crippen molar-refractivity contribution in [2.75, 3.05) is 7.11 Å². The van der Waals surface area contributed by atoms with Crippen molar-refractivity contribution in [3.63, 3.8) is 0 Å². The Kier molecular flexibility index (Phi) is 5.79. The smallest absolute Gasteiger partial charge is 0.296 e. The van der Waals surface area contributed by atoms with E-state index in [0.717, 1.165) is 18.6 Å². The Labute approximate surface area is 165 Å². The Morgan fingerprint density at radius 2 is 1.96 bits per heavy atom. The van der Waals surface area contributed by atoms with Crippen LogP contribution in [0.15, 0.2) is 35.4 Å². The number of aromatic nitrogens is 4. The lowest BCUT2D eigenvalue weighted by Crippen LogP contribution is -2.30. The molecule has 6 nitrogen and oxygen atoms in total. The van der Waals surface area contributed by atoms with E-state index in [9.17, 15) is 13.6 Å². The summed E-state index contributed by atoms with van der Waals surface area (Å²) >= 11 is 6.33. The van der Waals surface area contributed by atoms with Crippen molar-refractivity contribution in [2.45, 2.75) is 26.8 Å². The zero-order valence-electron chi connectivity index (χ0n) is 15.6. The van der Waals surface area contributed by atoms with E-state index in [1.165, 1.54) is 22.6 Å². The van der Waals surface area contributed by atoms with E-state index in [1.54, 1.807) is 12.3 Å². The van der Waals surface area contributed by atoms with Gasteiger partial charge in [0, 0.05) is 31.1 Å². The number of rotatable bonds is 6. The van der Waals surface area contributed by atoms with Gasteiger partial charge < -0.3 is 9.30 Å². The first kappa shape index (κ1) is 20.0. The molecule has 0 saturated carbocycles. The van der Waals surface area contributed by atoms with Crippen LogP contribution in [0.25, 0.3) is 17.1 Å². The first-order valence-electron chi connectivity index (χ1n) is 8.71. The molecule has 0 bridgehead atoms. The molecule has 0 amide bonds. The first-order chi connectivity index (χ1) is 13.4. The Morgan fingerprint density at radius 3 is 2.50 bits per heavy atom. The van der Waals surface area contributed by atoms with Gasteiger partial charge in [0.15, 0.2) is 5.15 Å². The SMILES string of the molecule is CCC(C)Cn1c(-c2c(F)cc(OC)cc2F)c(Cl)nc(-n2cccn2)c1=O. The van der Waals surface area contributed by atoms with E-state index in [2.05, 4.69) is 10.1 Å². The van der Waals surface area contributed by atoms with E-state index in [1.807, 2.05) is 13.8 Å². The Morgan fingerprint density at radius 1 is 1.29 bits per heavy atom. The molecule has 3 rings (SSSR count). The summed E-state index contributed by atoms with van der Waals surface area (Å²) in [6, 6.07) is 3.70. The molecular formula is C19H19ClF2N4O2. The normalized spacial score (nSPS) is 12.2. The van der Waals surface area contributed by atoms with Crippen molar-refractivity contribution in [2.24, 2.45) is 5.92 Å². The summed E-state index contributed by atoms with van der Waals surface area (Å²) in [4.78, 5) is 17.2. The zero-order chi connectivity index (χ0) is 20.4. The fraction of sp³-hybridized carbons (Fsp3) is 0.316. The van der Waals surface area contributed by atoms with Crippen LogP contribution in [-0.2, 0) is 6.54 Å². The van der Waals surface area contributed by atoms with Crippen LogP contribution in [0, 0.1) is 17.6 Å². The van der Waals surface area contributed by atoms with Crippen LogP contribution in [0.1, 0.15) is 20.3 Å². The molecule has 0 radical (unpaired) electrons. The average molecular weight is 409 g/mol. The third-order valence-electron chi connectivity index (χ3n) is 4.51. The van der Waals surface area contributed by atoms with Crippen molar-refractivity contribution >= 4 is 11.6 Å². The lowest BCUT2D eigenvalue weighted by Gasteiger charge is -2.19. The molecule has 9 heteroatoms. The van der Waals surface area contributed by atoms with Crippen LogP contribution in [0.2, 0.25) is 5.15 Å². The molecule has 28 heavy (non-hydrogen) atoms. The second kappa shape index (κ2) is 8.10. The van der Waals surface area contributed by atoms with E-state index < -0.39 is 22.8 Å². The number of ether oxygens (including phenoxy) is 1. The first-order valence-corrected chi connectivity index (χ1v) is 9.08. The summed E-state index contributed by atoms with van der Waals surface area (Å²) in [5, 5.41) is 3.81. The average Bonchev–Trinajstić information content (AvgIpc) is 3.20. The molecular weight excluding hydrogens is 390 g/mol. The van der Waals surface area contributed by atoms with Crippen molar-refractivity contribution in [1.82, 2.24) is 19.3 Å². The standard InChI is InChI=1S/C19H19ClF2N4O2/c1-4-11(2)10-25-16(15-13(21)8-12(28-3)9-14(15)22)17(20)24-18(19(25)27)26-7-5-6-23-26/h5-9,11H,4,10H2,1-3H3. The van der Waals surface area contributed by atoms with E-state index >= 15 is 0 Å². The topological polar surface area (TPSA) is 61.9 Å². The minimum atomic E-state index is -0.898. The number of benzene rings is 1. The van der Waals surface area contributed by atoms with E-state index in [4.69, 9.17) is 16.3 Å². The summed E-state index contributed by atoms with van der Waals surface area (Å²) in [6.07, 6.45) is 3.79. The maximum Gasteiger partial charge on any atom is 0.296 e. The molecule has 1 unspecified atom stereocenters. The summed E-state index contributed by atoms with van der Waals surface area (Å²) in [7, 11) is 1.31. The quantitative estimate of drug-likeness (QED) is 0.616. The number of halogens is 3. The Bertz CT molecular complexity index is 1030. The molecule has 2 heterocycles. The molecule has 0 fully saturated rings. The largest absolute Gasteiger partial charge is 0.497 e. The van der Waals surface area contributed by atoms with Crippen LogP contribution >= 0.6 is 11.6 Å². The van der Waals surface area contributed by atoms with Gasteiger partial charge in [0.05, 0.1) is 18.4 Å². The molecule has 0 saturated heterocycles. The summed E-state index contributed by atoms with van der Waals surface area (Å²) < 4.78 is 36.9. The van der Waals surface area contributed by atoms with Gasteiger partial charge in [-0.05, 0) is 12.0 Å². The fourth-order valence-electron chi connectivity index (χ4n) is 2.82. The van der Waals surface area contributed by atoms with Gasteiger partial charge in [0.25, 0.3) is 5.56 Å². The highest BCUT2D eigenvalue weighted by atomic mass is 35.5. The van der Waals surface area contributed by atoms with Crippen LogP contribution in [0.5, 0.6) is 5.75 Å². The second-order valence-electron chi connectivity index (χ2n) is 6.42. The van der Waals surface area contributed by atoms with Crippen molar-refractivity contribution < 1.29 is 13.5 Å². The number of hydrogen-bond acceptors (Lipinski definition) is 4. The second-order valence-corrected chi connectivity index (χ2v) is 6.78. The molecule has 148 valence electrons. The van der Waals surface area contributed by atoms with Crippen molar-refractivity contribution in [1.29, 1.82) is 0 Å². The van der Waals surface area contributed by atoms with Crippen molar-refractivity contribution in [3.05, 3.63) is 57.7 Å². The van der Waals surface area contributed by atoms with Crippen LogP contribution in [0.3, 0.4) is 0 Å². The molecule has 3 aromatic rings. The summed E-state index contributed by atoms with van der Waals surface area (Å²) in [5.74, 6) is -1.76. The van der Waals surface area contributed by atoms with Gasteiger partial charge in [0.1, 0.15) is 17.4 Å². The molecule has 1 atom stereocenters. The van der Waals surface area contributed by atoms with Gasteiger partial charge in [-0.15, -0.1) is 0 Å². The number of nitrogens with zero attached hydrogens (tertiary/aromatic N) is 4. The number of hydrogen-bond donors (Lipinski definition) is 0. The third-order valence-corrected chi connectivity index (χ3v) is 4.77. The highest BCUT2D eigenvalue weighted by Gasteiger charge is 2.25. The fourth-order valence-corrected chi connectivity index (χ4v) is 3.09. The van der Waals surface area contributed by atoms with E-state index in [0.29, 0.717) is 0 Å². The van der Waals surface area contributed by atoms with Gasteiger partial charge >= 0.3 is 0 Å². The predicted molar refractivity (Wildman–Crippen MR) is 102 cm³/mol. The Balaban J connectivity index is 2.32. The highest BCUT2D eigenvalue weighted by molar-refractivity contribution is 6.31. The highest BCUT2D eigenvalue weighted by Crippen LogP contribution is 2.33. The van der Waals surface area contributed by atoms with Crippen molar-refractivity contribution in [3.8, 4) is 22.8 Å². The maximum atomic E-state index is 14.7. The summed E-state index contributed by atoms with van der Waals surface area (Å²) in [6.45, 7) is 4.10. The molecule has 0 aliphatic carbocycles.